The number of dihydropyridines is 1. The Kier molecular flexibility index (Phi) is 6.47. The molecule has 9 rings (SSSR count). The van der Waals surface area contributed by atoms with Gasteiger partial charge in [-0.2, -0.15) is 0 Å². The molecule has 3 aromatic heterocycles. The average Bonchev–Trinajstić information content (AvgIpc) is 3.47. The quantitative estimate of drug-likeness (QED) is 0.188. The van der Waals surface area contributed by atoms with E-state index in [9.17, 15) is 0 Å². The highest BCUT2D eigenvalue weighted by molar-refractivity contribution is 6.18. The summed E-state index contributed by atoms with van der Waals surface area (Å²) in [4.78, 5) is 12.7. The van der Waals surface area contributed by atoms with E-state index in [2.05, 4.69) is 124 Å². The smallest absolute Gasteiger partial charge is 0.138 e. The molecule has 48 heavy (non-hydrogen) atoms. The number of fused-ring (bicyclic) bond motifs is 5. The summed E-state index contributed by atoms with van der Waals surface area (Å²) in [6.07, 6.45) is 11.9. The maximum absolute atomic E-state index is 6.03. The fourth-order valence-corrected chi connectivity index (χ4v) is 7.21. The van der Waals surface area contributed by atoms with Crippen molar-refractivity contribution in [1.82, 2.24) is 19.9 Å². The van der Waals surface area contributed by atoms with Crippen molar-refractivity contribution in [3.8, 4) is 16.9 Å². The molecular formula is C42H32N6. The van der Waals surface area contributed by atoms with Crippen LogP contribution in [-0.4, -0.2) is 21.1 Å². The van der Waals surface area contributed by atoms with Crippen molar-refractivity contribution in [3.05, 3.63) is 157 Å². The number of benzene rings is 4. The van der Waals surface area contributed by atoms with E-state index in [-0.39, 0.29) is 0 Å². The van der Waals surface area contributed by atoms with Gasteiger partial charge in [-0.1, -0.05) is 85.0 Å². The van der Waals surface area contributed by atoms with Gasteiger partial charge in [0.15, 0.2) is 0 Å². The van der Waals surface area contributed by atoms with Crippen LogP contribution in [0.15, 0.2) is 146 Å². The Morgan fingerprint density at radius 2 is 1.60 bits per heavy atom. The molecule has 0 saturated heterocycles. The molecular weight excluding hydrogens is 589 g/mol. The lowest BCUT2D eigenvalue weighted by molar-refractivity contribution is 0.974. The van der Waals surface area contributed by atoms with E-state index in [1.54, 1.807) is 6.20 Å². The molecule has 0 spiro atoms. The van der Waals surface area contributed by atoms with Gasteiger partial charge in [-0.25, -0.2) is 9.97 Å². The number of anilines is 3. The van der Waals surface area contributed by atoms with Crippen molar-refractivity contribution < 1.29 is 0 Å². The van der Waals surface area contributed by atoms with Crippen LogP contribution in [0.25, 0.3) is 60.7 Å². The Hall–Kier alpha value is -6.40. The molecule has 2 aliphatic heterocycles. The first-order chi connectivity index (χ1) is 23.7. The van der Waals surface area contributed by atoms with Crippen molar-refractivity contribution in [1.29, 1.82) is 0 Å². The summed E-state index contributed by atoms with van der Waals surface area (Å²) in [7, 11) is 0. The van der Waals surface area contributed by atoms with Crippen LogP contribution in [-0.2, 0) is 0 Å². The first-order valence-corrected chi connectivity index (χ1v) is 16.2. The second-order valence-electron chi connectivity index (χ2n) is 12.0. The van der Waals surface area contributed by atoms with E-state index < -0.39 is 0 Å². The van der Waals surface area contributed by atoms with Crippen LogP contribution in [0.2, 0.25) is 0 Å². The average molecular weight is 621 g/mol. The first-order valence-electron chi connectivity index (χ1n) is 16.2. The van der Waals surface area contributed by atoms with Gasteiger partial charge in [-0.05, 0) is 66.4 Å². The molecule has 4 aromatic carbocycles. The minimum Gasteiger partial charge on any atom is -0.404 e. The molecule has 0 amide bonds. The molecule has 0 radical (unpaired) electrons. The van der Waals surface area contributed by atoms with Crippen molar-refractivity contribution in [2.45, 2.75) is 6.92 Å². The van der Waals surface area contributed by atoms with Gasteiger partial charge in [0, 0.05) is 51.8 Å². The number of nitrogens with one attached hydrogen (secondary N) is 1. The Morgan fingerprint density at radius 1 is 0.771 bits per heavy atom. The normalized spacial score (nSPS) is 14.1. The summed E-state index contributed by atoms with van der Waals surface area (Å²) >= 11 is 0. The van der Waals surface area contributed by atoms with Gasteiger partial charge < -0.3 is 11.1 Å². The summed E-state index contributed by atoms with van der Waals surface area (Å²) in [6.45, 7) is 2.81. The zero-order valence-electron chi connectivity index (χ0n) is 26.4. The maximum Gasteiger partial charge on any atom is 0.138 e. The summed E-state index contributed by atoms with van der Waals surface area (Å²) in [5, 5.41) is 8.09. The summed E-state index contributed by atoms with van der Waals surface area (Å²) in [5.41, 5.74) is 16.4. The highest BCUT2D eigenvalue weighted by atomic mass is 15.2. The van der Waals surface area contributed by atoms with E-state index in [1.165, 1.54) is 32.7 Å². The van der Waals surface area contributed by atoms with Crippen LogP contribution in [0.1, 0.15) is 18.3 Å². The Labute approximate surface area is 278 Å². The van der Waals surface area contributed by atoms with Crippen molar-refractivity contribution in [2.75, 3.05) is 11.4 Å². The molecule has 0 unspecified atom stereocenters. The fourth-order valence-electron chi connectivity index (χ4n) is 7.21. The molecule has 0 fully saturated rings. The minimum atomic E-state index is 0.820. The van der Waals surface area contributed by atoms with E-state index in [0.717, 1.165) is 63.1 Å². The van der Waals surface area contributed by atoms with E-state index >= 15 is 0 Å². The number of nitrogens with two attached hydrogens (primary N) is 1. The number of pyridine rings is 2. The van der Waals surface area contributed by atoms with Crippen LogP contribution >= 0.6 is 0 Å². The fraction of sp³-hybridized carbons (Fsp3) is 0.0476. The third-order valence-electron chi connectivity index (χ3n) is 9.28. The molecule has 230 valence electrons. The molecule has 3 N–H and O–H groups in total. The van der Waals surface area contributed by atoms with Gasteiger partial charge in [0.05, 0.1) is 33.8 Å². The largest absolute Gasteiger partial charge is 0.404 e. The van der Waals surface area contributed by atoms with E-state index in [1.807, 2.05) is 37.4 Å². The van der Waals surface area contributed by atoms with Gasteiger partial charge in [0.25, 0.3) is 0 Å². The predicted molar refractivity (Wildman–Crippen MR) is 200 cm³/mol. The molecule has 0 saturated carbocycles. The number of hydrogen-bond acceptors (Lipinski definition) is 5. The molecule has 0 atom stereocenters. The Morgan fingerprint density at radius 3 is 2.46 bits per heavy atom. The lowest BCUT2D eigenvalue weighted by Crippen LogP contribution is -2.17. The highest BCUT2D eigenvalue weighted by Gasteiger charge is 2.29. The second kappa shape index (κ2) is 11.1. The molecule has 6 heteroatoms. The number of hydrogen-bond donors (Lipinski definition) is 2. The number of para-hydroxylation sites is 1. The third kappa shape index (κ3) is 4.27. The topological polar surface area (TPSA) is 72.0 Å². The molecule has 6 nitrogen and oxygen atoms in total. The standard InChI is InChI=1S/C42H32N6/c1-2-10-28(25-43)34-16-7-20-40(45-34)47-36-18-4-3-14-30(36)32-23-33-31-15-5-11-27-12-6-19-37(42(27)31)48(39(33)24-38(32)47)41-21-8-17-35(46-41)29-13-9-22-44-26-29/h2-21,23-26,44H,22,43H2,1H3/b10-2-,28-25+. The lowest BCUT2D eigenvalue weighted by atomic mass is 9.90. The number of nitrogens with zero attached hydrogens (tertiary/aromatic N) is 4. The molecule has 7 aromatic rings. The Balaban J connectivity index is 1.35. The minimum absolute atomic E-state index is 0.820. The third-order valence-corrected chi connectivity index (χ3v) is 9.28. The number of rotatable bonds is 5. The Bertz CT molecular complexity index is 2540. The van der Waals surface area contributed by atoms with Crippen LogP contribution in [0.3, 0.4) is 0 Å². The van der Waals surface area contributed by atoms with Gasteiger partial charge in [-0.15, -0.1) is 0 Å². The zero-order chi connectivity index (χ0) is 32.2. The van der Waals surface area contributed by atoms with E-state index in [4.69, 9.17) is 15.7 Å². The van der Waals surface area contributed by atoms with Gasteiger partial charge >= 0.3 is 0 Å². The summed E-state index contributed by atoms with van der Waals surface area (Å²) < 4.78 is 2.27. The van der Waals surface area contributed by atoms with Gasteiger partial charge in [-0.3, -0.25) is 9.47 Å². The van der Waals surface area contributed by atoms with Crippen LogP contribution in [0, 0.1) is 0 Å². The predicted octanol–water partition coefficient (Wildman–Crippen LogP) is 9.55. The van der Waals surface area contributed by atoms with Crippen LogP contribution < -0.4 is 16.0 Å². The van der Waals surface area contributed by atoms with Crippen LogP contribution in [0.5, 0.6) is 0 Å². The second-order valence-corrected chi connectivity index (χ2v) is 12.0. The molecule has 0 aliphatic carbocycles. The molecule has 2 aliphatic rings. The van der Waals surface area contributed by atoms with Crippen LogP contribution in [0.4, 0.5) is 17.2 Å². The van der Waals surface area contributed by atoms with Crippen molar-refractivity contribution >= 4 is 60.9 Å². The number of aromatic nitrogens is 3. The SMILES string of the molecule is C/C=C\C(=C/N)c1cccc(-n2c3ccccc3c3cc4c(cc32)N(c2cccc(C3=CNCC=C3)n2)c2cccc3cccc-4c23)n1. The highest BCUT2D eigenvalue weighted by Crippen LogP contribution is 2.52. The van der Waals surface area contributed by atoms with Gasteiger partial charge in [0.2, 0.25) is 0 Å². The van der Waals surface area contributed by atoms with E-state index in [0.29, 0.717) is 0 Å². The van der Waals surface area contributed by atoms with Crippen molar-refractivity contribution in [3.63, 3.8) is 0 Å². The molecule has 0 bridgehead atoms. The van der Waals surface area contributed by atoms with Crippen molar-refractivity contribution in [2.24, 2.45) is 5.73 Å². The summed E-state index contributed by atoms with van der Waals surface area (Å²) in [6, 6.07) is 38.8. The number of allylic oxidation sites excluding steroid dienone is 5. The lowest BCUT2D eigenvalue weighted by Gasteiger charge is -2.33. The van der Waals surface area contributed by atoms with Gasteiger partial charge in [0.1, 0.15) is 11.6 Å². The monoisotopic (exact) mass is 620 g/mol. The zero-order valence-corrected chi connectivity index (χ0v) is 26.4. The maximum atomic E-state index is 6.03. The first kappa shape index (κ1) is 27.9. The summed E-state index contributed by atoms with van der Waals surface area (Å²) in [5.74, 6) is 1.69. The molecule has 5 heterocycles.